The SMILES string of the molecule is O=C(O)C(F)(F)F.O=C(O)C(F)(F)F.O=c1c(=O)n2c(nn1Cc1ccc(F)cc1)CC1(CCN(Cc3ccncc3)C1)C2. The lowest BCUT2D eigenvalue weighted by molar-refractivity contribution is -0.193. The third-order valence-electron chi connectivity index (χ3n) is 6.64. The number of pyridine rings is 1. The number of halogens is 7. The number of likely N-dealkylation sites (tertiary alicyclic amines) is 1. The summed E-state index contributed by atoms with van der Waals surface area (Å²) in [5.74, 6) is -5.19. The van der Waals surface area contributed by atoms with Gasteiger partial charge in [-0.15, -0.1) is 0 Å². The van der Waals surface area contributed by atoms with E-state index in [1.54, 1.807) is 29.1 Å². The number of hydrogen-bond donors (Lipinski definition) is 2. The molecular formula is C26H24F7N5O6. The maximum Gasteiger partial charge on any atom is 0.490 e. The van der Waals surface area contributed by atoms with Crippen LogP contribution >= 0.6 is 0 Å². The van der Waals surface area contributed by atoms with Gasteiger partial charge >= 0.3 is 35.4 Å². The Kier molecular flexibility index (Phi) is 10.3. The smallest absolute Gasteiger partial charge is 0.475 e. The number of aromatic nitrogens is 4. The highest BCUT2D eigenvalue weighted by molar-refractivity contribution is 5.73. The highest BCUT2D eigenvalue weighted by Gasteiger charge is 2.44. The lowest BCUT2D eigenvalue weighted by Gasteiger charge is -2.22. The minimum Gasteiger partial charge on any atom is -0.475 e. The standard InChI is InChI=1S/C22H22FN5O2.2C2HF3O2/c23-18-3-1-16(2-4-18)13-28-21(30)20(29)27-15-22(11-19(27)25-28)7-10-26(14-22)12-17-5-8-24-9-6-17;2*3-2(4,5)1(6)7/h1-6,8-9H,7,10-15H2;2*(H,6,7). The van der Waals surface area contributed by atoms with Crippen LogP contribution in [0.4, 0.5) is 30.7 Å². The van der Waals surface area contributed by atoms with Crippen molar-refractivity contribution < 1.29 is 50.5 Å². The number of rotatable bonds is 4. The van der Waals surface area contributed by atoms with Crippen LogP contribution in [0.15, 0.2) is 58.4 Å². The summed E-state index contributed by atoms with van der Waals surface area (Å²) in [6, 6.07) is 9.91. The Bertz CT molecular complexity index is 1570. The topological polar surface area (TPSA) is 148 Å². The second-order valence-electron chi connectivity index (χ2n) is 10.00. The maximum absolute atomic E-state index is 13.1. The van der Waals surface area contributed by atoms with Crippen molar-refractivity contribution in [1.29, 1.82) is 0 Å². The Morgan fingerprint density at radius 3 is 1.86 bits per heavy atom. The number of fused-ring (bicyclic) bond motifs is 1. The van der Waals surface area contributed by atoms with Gasteiger partial charge in [0.15, 0.2) is 0 Å². The van der Waals surface area contributed by atoms with Crippen molar-refractivity contribution >= 4 is 11.9 Å². The first-order valence-electron chi connectivity index (χ1n) is 12.6. The van der Waals surface area contributed by atoms with Crippen LogP contribution in [0, 0.1) is 11.2 Å². The fraction of sp³-hybridized carbons (Fsp3) is 0.385. The zero-order valence-electron chi connectivity index (χ0n) is 22.5. The molecule has 1 saturated heterocycles. The van der Waals surface area contributed by atoms with Crippen LogP contribution in [0.25, 0.3) is 0 Å². The van der Waals surface area contributed by atoms with Crippen molar-refractivity contribution in [3.8, 4) is 0 Å². The molecule has 0 saturated carbocycles. The van der Waals surface area contributed by atoms with Gasteiger partial charge in [0, 0.05) is 43.9 Å². The number of benzene rings is 1. The molecule has 2 aliphatic rings. The fourth-order valence-corrected chi connectivity index (χ4v) is 4.65. The number of nitrogens with zero attached hydrogens (tertiary/aromatic N) is 5. The van der Waals surface area contributed by atoms with Crippen molar-refractivity contribution in [1.82, 2.24) is 24.2 Å². The molecule has 0 aliphatic carbocycles. The fourth-order valence-electron chi connectivity index (χ4n) is 4.65. The summed E-state index contributed by atoms with van der Waals surface area (Å²) >= 11 is 0. The third kappa shape index (κ3) is 8.95. The Hall–Kier alpha value is -4.61. The van der Waals surface area contributed by atoms with Crippen molar-refractivity contribution in [2.45, 2.75) is 44.8 Å². The van der Waals surface area contributed by atoms with E-state index in [1.807, 2.05) is 12.1 Å². The predicted octanol–water partition coefficient (Wildman–Crippen LogP) is 2.70. The van der Waals surface area contributed by atoms with Crippen LogP contribution in [0.3, 0.4) is 0 Å². The molecule has 238 valence electrons. The van der Waals surface area contributed by atoms with Crippen LogP contribution < -0.4 is 11.1 Å². The highest BCUT2D eigenvalue weighted by Crippen LogP contribution is 2.39. The maximum atomic E-state index is 13.1. The van der Waals surface area contributed by atoms with E-state index in [0.717, 1.165) is 31.6 Å². The number of carbonyl (C=O) groups is 2. The zero-order chi connectivity index (χ0) is 32.9. The van der Waals surface area contributed by atoms with Gasteiger partial charge in [0.2, 0.25) is 0 Å². The Balaban J connectivity index is 0.000000317. The second-order valence-corrected chi connectivity index (χ2v) is 10.00. The zero-order valence-corrected chi connectivity index (χ0v) is 22.5. The lowest BCUT2D eigenvalue weighted by atomic mass is 9.86. The van der Waals surface area contributed by atoms with Crippen molar-refractivity contribution in [3.05, 3.63) is 92.3 Å². The number of aliphatic carboxylic acids is 2. The van der Waals surface area contributed by atoms with Crippen LogP contribution in [-0.4, -0.2) is 71.8 Å². The van der Waals surface area contributed by atoms with Gasteiger partial charge in [-0.2, -0.15) is 31.4 Å². The summed E-state index contributed by atoms with van der Waals surface area (Å²) in [5, 5.41) is 18.8. The average molecular weight is 635 g/mol. The van der Waals surface area contributed by atoms with Crippen molar-refractivity contribution in [2.24, 2.45) is 5.41 Å². The van der Waals surface area contributed by atoms with Crippen LogP contribution in [0.5, 0.6) is 0 Å². The molecule has 1 spiro atoms. The van der Waals surface area contributed by atoms with Crippen LogP contribution in [0.2, 0.25) is 0 Å². The number of hydrogen-bond acceptors (Lipinski definition) is 7. The second kappa shape index (κ2) is 13.4. The van der Waals surface area contributed by atoms with Gasteiger partial charge in [-0.05, 0) is 48.4 Å². The molecule has 1 atom stereocenters. The molecule has 0 bridgehead atoms. The molecule has 1 fully saturated rings. The molecule has 5 rings (SSSR count). The average Bonchev–Trinajstić information content (AvgIpc) is 3.50. The molecule has 3 aromatic rings. The first-order chi connectivity index (χ1) is 20.4. The van der Waals surface area contributed by atoms with E-state index >= 15 is 0 Å². The molecule has 0 amide bonds. The van der Waals surface area contributed by atoms with Gasteiger partial charge in [0.05, 0.1) is 6.54 Å². The molecule has 2 N–H and O–H groups in total. The first-order valence-corrected chi connectivity index (χ1v) is 12.6. The van der Waals surface area contributed by atoms with E-state index in [1.165, 1.54) is 22.4 Å². The van der Waals surface area contributed by atoms with Gasteiger partial charge in [0.1, 0.15) is 11.6 Å². The molecular weight excluding hydrogens is 611 g/mol. The summed E-state index contributed by atoms with van der Waals surface area (Å²) in [4.78, 5) is 49.6. The molecule has 18 heteroatoms. The van der Waals surface area contributed by atoms with E-state index in [2.05, 4.69) is 15.0 Å². The lowest BCUT2D eigenvalue weighted by Crippen LogP contribution is -2.43. The molecule has 1 aromatic carbocycles. The van der Waals surface area contributed by atoms with E-state index in [9.17, 15) is 40.3 Å². The quantitative estimate of drug-likeness (QED) is 0.326. The summed E-state index contributed by atoms with van der Waals surface area (Å²) in [6.45, 7) is 3.35. The third-order valence-corrected chi connectivity index (χ3v) is 6.64. The predicted molar refractivity (Wildman–Crippen MR) is 136 cm³/mol. The molecule has 2 aliphatic heterocycles. The molecule has 1 unspecified atom stereocenters. The van der Waals surface area contributed by atoms with E-state index in [4.69, 9.17) is 19.8 Å². The first kappa shape index (κ1) is 33.9. The monoisotopic (exact) mass is 635 g/mol. The summed E-state index contributed by atoms with van der Waals surface area (Å²) in [6.07, 6.45) is -4.93. The van der Waals surface area contributed by atoms with Crippen LogP contribution in [0.1, 0.15) is 23.4 Å². The van der Waals surface area contributed by atoms with Crippen LogP contribution in [-0.2, 0) is 35.6 Å². The van der Waals surface area contributed by atoms with E-state index in [0.29, 0.717) is 18.8 Å². The Morgan fingerprint density at radius 1 is 0.818 bits per heavy atom. The minimum atomic E-state index is -5.08. The Labute approximate surface area is 242 Å². The Morgan fingerprint density at radius 2 is 1.34 bits per heavy atom. The summed E-state index contributed by atoms with van der Waals surface area (Å²) in [5.41, 5.74) is 0.728. The van der Waals surface area contributed by atoms with Gasteiger partial charge in [0.25, 0.3) is 0 Å². The molecule has 0 radical (unpaired) electrons. The van der Waals surface area contributed by atoms with Crippen molar-refractivity contribution in [3.63, 3.8) is 0 Å². The summed E-state index contributed by atoms with van der Waals surface area (Å²) < 4.78 is 79.4. The van der Waals surface area contributed by atoms with Gasteiger partial charge in [-0.1, -0.05) is 12.1 Å². The van der Waals surface area contributed by atoms with Crippen molar-refractivity contribution in [2.75, 3.05) is 13.1 Å². The van der Waals surface area contributed by atoms with E-state index < -0.39 is 35.4 Å². The molecule has 2 aromatic heterocycles. The summed E-state index contributed by atoms with van der Waals surface area (Å²) in [7, 11) is 0. The molecule has 4 heterocycles. The van der Waals surface area contributed by atoms with Gasteiger partial charge in [-0.25, -0.2) is 18.7 Å². The molecule has 44 heavy (non-hydrogen) atoms. The van der Waals surface area contributed by atoms with E-state index in [-0.39, 0.29) is 17.8 Å². The normalized spacial score (nSPS) is 17.7. The number of carboxylic acids is 2. The number of alkyl halides is 6. The largest absolute Gasteiger partial charge is 0.490 e. The van der Waals surface area contributed by atoms with Gasteiger partial charge < -0.3 is 10.2 Å². The number of carboxylic acid groups (broad SMARTS) is 2. The molecule has 11 nitrogen and oxygen atoms in total. The van der Waals surface area contributed by atoms with Gasteiger partial charge in [-0.3, -0.25) is 24.0 Å². The highest BCUT2D eigenvalue weighted by atomic mass is 19.4. The minimum absolute atomic E-state index is 0.0618.